The molecule has 1 heterocycles. The van der Waals surface area contributed by atoms with E-state index in [1.165, 1.54) is 7.11 Å². The summed E-state index contributed by atoms with van der Waals surface area (Å²) in [5.41, 5.74) is 6.07. The lowest BCUT2D eigenvalue weighted by Gasteiger charge is -2.19. The molecule has 150 valence electrons. The van der Waals surface area contributed by atoms with Gasteiger partial charge in [0.1, 0.15) is 0 Å². The van der Waals surface area contributed by atoms with E-state index < -0.39 is 5.97 Å². The van der Waals surface area contributed by atoms with Crippen molar-refractivity contribution in [3.8, 4) is 0 Å². The zero-order valence-electron chi connectivity index (χ0n) is 17.7. The second kappa shape index (κ2) is 7.95. The normalized spacial score (nSPS) is 15.3. The predicted octanol–water partition coefficient (Wildman–Crippen LogP) is 4.25. The first-order valence-corrected chi connectivity index (χ1v) is 9.45. The van der Waals surface area contributed by atoms with Gasteiger partial charge in [-0.15, -0.1) is 0 Å². The highest BCUT2D eigenvalue weighted by atomic mass is 16.5. The predicted molar refractivity (Wildman–Crippen MR) is 117 cm³/mol. The summed E-state index contributed by atoms with van der Waals surface area (Å²) in [6.07, 6.45) is 1.75. The molecule has 0 fully saturated rings. The average Bonchev–Trinajstić information content (AvgIpc) is 2.94. The Labute approximate surface area is 171 Å². The van der Waals surface area contributed by atoms with Gasteiger partial charge in [0.2, 0.25) is 0 Å². The molecule has 2 aromatic rings. The minimum absolute atomic E-state index is 0.233. The van der Waals surface area contributed by atoms with E-state index in [1.54, 1.807) is 17.9 Å². The number of amides is 1. The first kappa shape index (κ1) is 20.4. The largest absolute Gasteiger partial charge is 0.465 e. The van der Waals surface area contributed by atoms with Crippen LogP contribution < -0.4 is 9.80 Å². The Morgan fingerprint density at radius 3 is 2.21 bits per heavy atom. The van der Waals surface area contributed by atoms with E-state index in [2.05, 4.69) is 0 Å². The number of nitrogens with zero attached hydrogens (tertiary/aromatic N) is 2. The molecule has 0 N–H and O–H groups in total. The molecule has 0 aromatic heterocycles. The van der Waals surface area contributed by atoms with Gasteiger partial charge < -0.3 is 9.64 Å². The van der Waals surface area contributed by atoms with E-state index >= 15 is 0 Å². The van der Waals surface area contributed by atoms with Crippen LogP contribution in [0, 0.1) is 13.8 Å². The average molecular weight is 390 g/mol. The fraction of sp³-hybridized carbons (Fsp3) is 0.250. The summed E-state index contributed by atoms with van der Waals surface area (Å²) >= 11 is 0. The van der Waals surface area contributed by atoms with Gasteiger partial charge in [-0.3, -0.25) is 9.69 Å². The molecule has 3 rings (SSSR count). The van der Waals surface area contributed by atoms with Crippen LogP contribution in [-0.4, -0.2) is 33.1 Å². The van der Waals surface area contributed by atoms with Crippen molar-refractivity contribution in [3.63, 3.8) is 0 Å². The lowest BCUT2D eigenvalue weighted by atomic mass is 10.0. The first-order chi connectivity index (χ1) is 13.7. The van der Waals surface area contributed by atoms with Crippen molar-refractivity contribution in [1.82, 2.24) is 0 Å². The highest BCUT2D eigenvalue weighted by Crippen LogP contribution is 2.36. The van der Waals surface area contributed by atoms with Crippen molar-refractivity contribution in [3.05, 3.63) is 76.0 Å². The number of aryl methyl sites for hydroxylation is 2. The number of methoxy groups -OCH3 is 1. The summed E-state index contributed by atoms with van der Waals surface area (Å²) in [6, 6.07) is 13.6. The molecule has 0 unspecified atom stereocenters. The van der Waals surface area contributed by atoms with Gasteiger partial charge in [-0.05, 0) is 67.8 Å². The van der Waals surface area contributed by atoms with Crippen LogP contribution in [0.5, 0.6) is 0 Å². The van der Waals surface area contributed by atoms with Crippen LogP contribution in [0.3, 0.4) is 0 Å². The molecular formula is C24H26N2O3. The SMILES string of the molecule is COC(=O)C1=C(C)N(c2ccc(C)c(C)c2)C(=O)/C1=C\c1ccc(N(C)C)cc1. The first-order valence-electron chi connectivity index (χ1n) is 9.45. The van der Waals surface area contributed by atoms with Crippen molar-refractivity contribution in [1.29, 1.82) is 0 Å². The Morgan fingerprint density at radius 2 is 1.66 bits per heavy atom. The summed E-state index contributed by atoms with van der Waals surface area (Å²) < 4.78 is 4.98. The fourth-order valence-corrected chi connectivity index (χ4v) is 3.39. The van der Waals surface area contributed by atoms with Gasteiger partial charge in [-0.2, -0.15) is 0 Å². The maximum atomic E-state index is 13.3. The van der Waals surface area contributed by atoms with Crippen LogP contribution in [0.25, 0.3) is 6.08 Å². The molecule has 5 heteroatoms. The number of carbonyl (C=O) groups excluding carboxylic acids is 2. The minimum atomic E-state index is -0.515. The lowest BCUT2D eigenvalue weighted by molar-refractivity contribution is -0.136. The standard InChI is InChI=1S/C24H26N2O3/c1-15-7-10-20(13-16(15)2)26-17(3)22(24(28)29-6)21(23(26)27)14-18-8-11-19(12-9-18)25(4)5/h7-14H,1-6H3/b21-14-. The van der Waals surface area contributed by atoms with Gasteiger partial charge >= 0.3 is 5.97 Å². The van der Waals surface area contributed by atoms with Crippen LogP contribution in [-0.2, 0) is 14.3 Å². The second-order valence-corrected chi connectivity index (χ2v) is 7.41. The van der Waals surface area contributed by atoms with Crippen LogP contribution in [0.1, 0.15) is 23.6 Å². The number of esters is 1. The van der Waals surface area contributed by atoms with Gasteiger partial charge in [0, 0.05) is 31.2 Å². The highest BCUT2D eigenvalue weighted by Gasteiger charge is 2.37. The number of benzene rings is 2. The summed E-state index contributed by atoms with van der Waals surface area (Å²) in [5.74, 6) is -0.749. The summed E-state index contributed by atoms with van der Waals surface area (Å²) in [6.45, 7) is 5.80. The molecule has 5 nitrogen and oxygen atoms in total. The number of hydrogen-bond donors (Lipinski definition) is 0. The molecule has 0 atom stereocenters. The number of anilines is 2. The van der Waals surface area contributed by atoms with Crippen LogP contribution in [0.2, 0.25) is 0 Å². The van der Waals surface area contributed by atoms with Gasteiger partial charge in [-0.1, -0.05) is 18.2 Å². The minimum Gasteiger partial charge on any atom is -0.465 e. The van der Waals surface area contributed by atoms with Crippen molar-refractivity contribution in [2.45, 2.75) is 20.8 Å². The molecular weight excluding hydrogens is 364 g/mol. The lowest BCUT2D eigenvalue weighted by Crippen LogP contribution is -2.24. The van der Waals surface area contributed by atoms with E-state index in [0.717, 1.165) is 28.1 Å². The molecule has 29 heavy (non-hydrogen) atoms. The van der Waals surface area contributed by atoms with Gasteiger partial charge in [-0.25, -0.2) is 4.79 Å². The van der Waals surface area contributed by atoms with Crippen LogP contribution >= 0.6 is 0 Å². The van der Waals surface area contributed by atoms with Gasteiger partial charge in [0.25, 0.3) is 5.91 Å². The van der Waals surface area contributed by atoms with E-state index in [0.29, 0.717) is 16.8 Å². The second-order valence-electron chi connectivity index (χ2n) is 7.41. The van der Waals surface area contributed by atoms with Gasteiger partial charge in [0.15, 0.2) is 0 Å². The van der Waals surface area contributed by atoms with Crippen LogP contribution in [0.4, 0.5) is 11.4 Å². The molecule has 0 saturated heterocycles. The maximum absolute atomic E-state index is 13.3. The summed E-state index contributed by atoms with van der Waals surface area (Å²) in [7, 11) is 5.27. The molecule has 0 spiro atoms. The number of carbonyl (C=O) groups is 2. The molecule has 0 aliphatic carbocycles. The maximum Gasteiger partial charge on any atom is 0.340 e. The van der Waals surface area contributed by atoms with E-state index in [1.807, 2.05) is 75.3 Å². The zero-order valence-corrected chi connectivity index (χ0v) is 17.7. The van der Waals surface area contributed by atoms with Crippen molar-refractivity contribution in [2.24, 2.45) is 0 Å². The zero-order chi connectivity index (χ0) is 21.3. The van der Waals surface area contributed by atoms with Crippen LogP contribution in [0.15, 0.2) is 59.3 Å². The smallest absolute Gasteiger partial charge is 0.340 e. The quantitative estimate of drug-likeness (QED) is 0.579. The number of ether oxygens (including phenoxy) is 1. The fourth-order valence-electron chi connectivity index (χ4n) is 3.39. The Morgan fingerprint density at radius 1 is 1.00 bits per heavy atom. The van der Waals surface area contributed by atoms with E-state index in [4.69, 9.17) is 4.74 Å². The molecule has 0 bridgehead atoms. The van der Waals surface area contributed by atoms with E-state index in [9.17, 15) is 9.59 Å². The molecule has 2 aromatic carbocycles. The number of allylic oxidation sites excluding steroid dienone is 1. The molecule has 1 amide bonds. The molecule has 1 aliphatic rings. The Kier molecular flexibility index (Phi) is 5.59. The Bertz CT molecular complexity index is 1030. The third kappa shape index (κ3) is 3.81. The Balaban J connectivity index is 2.09. The summed E-state index contributed by atoms with van der Waals surface area (Å²) in [5, 5.41) is 0. The highest BCUT2D eigenvalue weighted by molar-refractivity contribution is 6.23. The van der Waals surface area contributed by atoms with Crippen molar-refractivity contribution < 1.29 is 14.3 Å². The molecule has 0 radical (unpaired) electrons. The molecule has 1 aliphatic heterocycles. The van der Waals surface area contributed by atoms with E-state index in [-0.39, 0.29) is 5.91 Å². The number of hydrogen-bond acceptors (Lipinski definition) is 4. The van der Waals surface area contributed by atoms with Crippen molar-refractivity contribution >= 4 is 29.3 Å². The Hall–Kier alpha value is -3.34. The molecule has 0 saturated carbocycles. The summed E-state index contributed by atoms with van der Waals surface area (Å²) in [4.78, 5) is 29.4. The third-order valence-corrected chi connectivity index (χ3v) is 5.26. The van der Waals surface area contributed by atoms with Gasteiger partial charge in [0.05, 0.1) is 18.3 Å². The number of rotatable bonds is 4. The van der Waals surface area contributed by atoms with Crippen molar-refractivity contribution in [2.75, 3.05) is 31.0 Å². The third-order valence-electron chi connectivity index (χ3n) is 5.26. The topological polar surface area (TPSA) is 49.9 Å². The monoisotopic (exact) mass is 390 g/mol.